The van der Waals surface area contributed by atoms with Crippen molar-refractivity contribution < 1.29 is 5.11 Å². The second-order valence-electron chi connectivity index (χ2n) is 3.96. The molecular weight excluding hydrogens is 228 g/mol. The molecule has 0 unspecified atom stereocenters. The predicted octanol–water partition coefficient (Wildman–Crippen LogP) is 3.74. The van der Waals surface area contributed by atoms with E-state index in [-0.39, 0.29) is 6.10 Å². The highest BCUT2D eigenvalue weighted by Gasteiger charge is 2.23. The number of rotatable bonds is 2. The highest BCUT2D eigenvalue weighted by Crippen LogP contribution is 2.34. The Morgan fingerprint density at radius 2 is 1.80 bits per heavy atom. The Morgan fingerprint density at radius 3 is 2.47 bits per heavy atom. The highest BCUT2D eigenvalue weighted by atomic mass is 35.5. The second-order valence-corrected chi connectivity index (χ2v) is 5.71. The van der Waals surface area contributed by atoms with Gasteiger partial charge in [-0.2, -0.15) is 0 Å². The molecule has 1 N–H and O–H groups in total. The van der Waals surface area contributed by atoms with Gasteiger partial charge in [0, 0.05) is 15.2 Å². The van der Waals surface area contributed by atoms with Gasteiger partial charge in [0.15, 0.2) is 0 Å². The summed E-state index contributed by atoms with van der Waals surface area (Å²) in [6.07, 6.45) is 4.33. The van der Waals surface area contributed by atoms with E-state index in [1.165, 1.54) is 17.7 Å². The molecule has 1 aromatic rings. The van der Waals surface area contributed by atoms with E-state index in [4.69, 9.17) is 11.6 Å². The van der Waals surface area contributed by atoms with Crippen molar-refractivity contribution in [1.82, 2.24) is 0 Å². The maximum atomic E-state index is 9.84. The molecule has 0 bridgehead atoms. The standard InChI is InChI=1S/C12H15ClOS/c13-9-5-7-10(8-6-9)15-12-4-2-1-3-11(12)14/h5-8,11-12,14H,1-4H2/t11-,12-/m1/s1. The summed E-state index contributed by atoms with van der Waals surface area (Å²) in [5, 5.41) is 11.0. The average molecular weight is 243 g/mol. The van der Waals surface area contributed by atoms with Gasteiger partial charge in [-0.1, -0.05) is 24.4 Å². The van der Waals surface area contributed by atoms with Gasteiger partial charge in [-0.3, -0.25) is 0 Å². The van der Waals surface area contributed by atoms with Crippen LogP contribution in [0.1, 0.15) is 25.7 Å². The minimum atomic E-state index is -0.139. The maximum Gasteiger partial charge on any atom is 0.0662 e. The first-order valence-electron chi connectivity index (χ1n) is 5.36. The second kappa shape index (κ2) is 5.24. The molecule has 2 atom stereocenters. The summed E-state index contributed by atoms with van der Waals surface area (Å²) in [6, 6.07) is 7.85. The average Bonchev–Trinajstić information content (AvgIpc) is 2.25. The number of hydrogen-bond donors (Lipinski definition) is 1. The van der Waals surface area contributed by atoms with E-state index in [1.54, 1.807) is 11.8 Å². The molecule has 0 saturated heterocycles. The number of aliphatic hydroxyl groups excluding tert-OH is 1. The predicted molar refractivity (Wildman–Crippen MR) is 65.6 cm³/mol. The van der Waals surface area contributed by atoms with Crippen LogP contribution >= 0.6 is 23.4 Å². The number of aliphatic hydroxyl groups is 1. The van der Waals surface area contributed by atoms with Crippen LogP contribution in [0.3, 0.4) is 0 Å². The number of benzene rings is 1. The molecule has 0 amide bonds. The summed E-state index contributed by atoms with van der Waals surface area (Å²) in [5.74, 6) is 0. The molecule has 15 heavy (non-hydrogen) atoms. The molecule has 0 aromatic heterocycles. The lowest BCUT2D eigenvalue weighted by molar-refractivity contribution is 0.137. The first kappa shape index (κ1) is 11.3. The molecule has 1 aromatic carbocycles. The molecule has 2 rings (SSSR count). The van der Waals surface area contributed by atoms with E-state index in [0.29, 0.717) is 5.25 Å². The van der Waals surface area contributed by atoms with Crippen molar-refractivity contribution >= 4 is 23.4 Å². The van der Waals surface area contributed by atoms with Crippen molar-refractivity contribution in [3.05, 3.63) is 29.3 Å². The van der Waals surface area contributed by atoms with E-state index in [1.807, 2.05) is 24.3 Å². The Balaban J connectivity index is 1.98. The van der Waals surface area contributed by atoms with Crippen LogP contribution in [0.5, 0.6) is 0 Å². The van der Waals surface area contributed by atoms with Gasteiger partial charge < -0.3 is 5.11 Å². The van der Waals surface area contributed by atoms with Gasteiger partial charge in [0.2, 0.25) is 0 Å². The largest absolute Gasteiger partial charge is 0.392 e. The van der Waals surface area contributed by atoms with E-state index in [2.05, 4.69) is 0 Å². The van der Waals surface area contributed by atoms with Crippen LogP contribution in [0.4, 0.5) is 0 Å². The Bertz CT molecular complexity index is 312. The third-order valence-electron chi connectivity index (χ3n) is 2.77. The van der Waals surface area contributed by atoms with Crippen LogP contribution in [0.15, 0.2) is 29.2 Å². The molecule has 1 aliphatic carbocycles. The maximum absolute atomic E-state index is 9.84. The molecule has 1 aliphatic rings. The highest BCUT2D eigenvalue weighted by molar-refractivity contribution is 8.00. The Labute approximate surface area is 99.8 Å². The Hall–Kier alpha value is -0.180. The molecule has 0 spiro atoms. The van der Waals surface area contributed by atoms with Crippen molar-refractivity contribution in [2.45, 2.75) is 41.9 Å². The minimum Gasteiger partial charge on any atom is -0.392 e. The van der Waals surface area contributed by atoms with Gasteiger partial charge in [0.1, 0.15) is 0 Å². The lowest BCUT2D eigenvalue weighted by atomic mass is 9.97. The molecule has 1 nitrogen and oxygen atoms in total. The van der Waals surface area contributed by atoms with Crippen molar-refractivity contribution in [3.63, 3.8) is 0 Å². The molecule has 1 saturated carbocycles. The van der Waals surface area contributed by atoms with E-state index < -0.39 is 0 Å². The smallest absolute Gasteiger partial charge is 0.0662 e. The zero-order valence-corrected chi connectivity index (χ0v) is 10.1. The van der Waals surface area contributed by atoms with Gasteiger partial charge in [-0.05, 0) is 37.1 Å². The summed E-state index contributed by atoms with van der Waals surface area (Å²) >= 11 is 7.60. The third-order valence-corrected chi connectivity index (χ3v) is 4.42. The van der Waals surface area contributed by atoms with Gasteiger partial charge in [0.25, 0.3) is 0 Å². The fourth-order valence-corrected chi connectivity index (χ4v) is 3.25. The van der Waals surface area contributed by atoms with Crippen molar-refractivity contribution in [1.29, 1.82) is 0 Å². The fourth-order valence-electron chi connectivity index (χ4n) is 1.90. The topological polar surface area (TPSA) is 20.2 Å². The van der Waals surface area contributed by atoms with Crippen LogP contribution in [-0.4, -0.2) is 16.5 Å². The Morgan fingerprint density at radius 1 is 1.13 bits per heavy atom. The van der Waals surface area contributed by atoms with Crippen LogP contribution in [0.25, 0.3) is 0 Å². The molecule has 0 radical (unpaired) electrons. The zero-order valence-electron chi connectivity index (χ0n) is 8.53. The lowest BCUT2D eigenvalue weighted by Crippen LogP contribution is -2.26. The van der Waals surface area contributed by atoms with Crippen molar-refractivity contribution in [3.8, 4) is 0 Å². The molecule has 3 heteroatoms. The quantitative estimate of drug-likeness (QED) is 0.853. The van der Waals surface area contributed by atoms with E-state index >= 15 is 0 Å². The van der Waals surface area contributed by atoms with Crippen LogP contribution in [-0.2, 0) is 0 Å². The van der Waals surface area contributed by atoms with E-state index in [9.17, 15) is 5.11 Å². The van der Waals surface area contributed by atoms with Crippen molar-refractivity contribution in [2.75, 3.05) is 0 Å². The summed E-state index contributed by atoms with van der Waals surface area (Å²) < 4.78 is 0. The summed E-state index contributed by atoms with van der Waals surface area (Å²) in [7, 11) is 0. The number of thioether (sulfide) groups is 1. The lowest BCUT2D eigenvalue weighted by Gasteiger charge is -2.26. The number of halogens is 1. The monoisotopic (exact) mass is 242 g/mol. The fraction of sp³-hybridized carbons (Fsp3) is 0.500. The van der Waals surface area contributed by atoms with Gasteiger partial charge in [-0.15, -0.1) is 11.8 Å². The van der Waals surface area contributed by atoms with E-state index in [0.717, 1.165) is 17.9 Å². The van der Waals surface area contributed by atoms with Crippen LogP contribution in [0, 0.1) is 0 Å². The van der Waals surface area contributed by atoms with Gasteiger partial charge >= 0.3 is 0 Å². The normalized spacial score (nSPS) is 26.5. The van der Waals surface area contributed by atoms with Gasteiger partial charge in [-0.25, -0.2) is 0 Å². The third kappa shape index (κ3) is 3.13. The minimum absolute atomic E-state index is 0.139. The summed E-state index contributed by atoms with van der Waals surface area (Å²) in [6.45, 7) is 0. The number of hydrogen-bond acceptors (Lipinski definition) is 2. The first-order valence-corrected chi connectivity index (χ1v) is 6.62. The molecule has 1 fully saturated rings. The van der Waals surface area contributed by atoms with Crippen LogP contribution < -0.4 is 0 Å². The molecule has 0 heterocycles. The molecule has 0 aliphatic heterocycles. The van der Waals surface area contributed by atoms with Crippen LogP contribution in [0.2, 0.25) is 5.02 Å². The van der Waals surface area contributed by atoms with Gasteiger partial charge in [0.05, 0.1) is 6.10 Å². The first-order chi connectivity index (χ1) is 7.25. The summed E-state index contributed by atoms with van der Waals surface area (Å²) in [4.78, 5) is 1.20. The zero-order chi connectivity index (χ0) is 10.7. The van der Waals surface area contributed by atoms with Crippen molar-refractivity contribution in [2.24, 2.45) is 0 Å². The summed E-state index contributed by atoms with van der Waals surface area (Å²) in [5.41, 5.74) is 0. The molecular formula is C12H15ClOS. The Kier molecular flexibility index (Phi) is 3.95. The molecule has 82 valence electrons. The SMILES string of the molecule is O[C@@H]1CCCC[C@H]1Sc1ccc(Cl)cc1.